The van der Waals surface area contributed by atoms with Crippen LogP contribution in [0.25, 0.3) is 0 Å². The van der Waals surface area contributed by atoms with Crippen LogP contribution in [0.5, 0.6) is 5.75 Å². The Morgan fingerprint density at radius 2 is 2.21 bits per heavy atom. The van der Waals surface area contributed by atoms with Gasteiger partial charge in [0.05, 0.1) is 17.6 Å². The Bertz CT molecular complexity index is 564. The summed E-state index contributed by atoms with van der Waals surface area (Å²) in [6.07, 6.45) is 2.70. The number of fused-ring (bicyclic) bond motifs is 1. The molecule has 104 valence electrons. The zero-order valence-corrected chi connectivity index (χ0v) is 11.4. The topological polar surface area (TPSA) is 64.6 Å². The summed E-state index contributed by atoms with van der Waals surface area (Å²) in [5.41, 5.74) is 0.958. The minimum Gasteiger partial charge on any atom is -0.493 e. The van der Waals surface area contributed by atoms with Crippen molar-refractivity contribution in [1.82, 2.24) is 4.72 Å². The van der Waals surface area contributed by atoms with Crippen LogP contribution in [0.4, 0.5) is 0 Å². The van der Waals surface area contributed by atoms with E-state index in [2.05, 4.69) is 4.72 Å². The van der Waals surface area contributed by atoms with Crippen molar-refractivity contribution in [2.45, 2.75) is 30.3 Å². The van der Waals surface area contributed by atoms with Crippen molar-refractivity contribution in [1.29, 1.82) is 0 Å². The molecule has 2 heterocycles. The molecule has 0 amide bonds. The SMILES string of the molecule is O=S(=O)(NC[C@@H]1CCCO1)c1ccc2c(c1)CCO2. The minimum absolute atomic E-state index is 0.00698. The van der Waals surface area contributed by atoms with Crippen LogP contribution < -0.4 is 9.46 Å². The van der Waals surface area contributed by atoms with Crippen molar-refractivity contribution in [3.8, 4) is 5.75 Å². The summed E-state index contributed by atoms with van der Waals surface area (Å²) < 4.78 is 37.8. The highest BCUT2D eigenvalue weighted by atomic mass is 32.2. The average Bonchev–Trinajstić information content (AvgIpc) is 3.06. The van der Waals surface area contributed by atoms with Crippen LogP contribution >= 0.6 is 0 Å². The third-order valence-electron chi connectivity index (χ3n) is 3.50. The summed E-state index contributed by atoms with van der Waals surface area (Å²) in [6, 6.07) is 5.01. The maximum atomic E-state index is 12.2. The van der Waals surface area contributed by atoms with E-state index in [4.69, 9.17) is 9.47 Å². The van der Waals surface area contributed by atoms with Crippen molar-refractivity contribution < 1.29 is 17.9 Å². The largest absolute Gasteiger partial charge is 0.493 e. The van der Waals surface area contributed by atoms with Gasteiger partial charge >= 0.3 is 0 Å². The van der Waals surface area contributed by atoms with E-state index in [1.54, 1.807) is 18.2 Å². The number of ether oxygens (including phenoxy) is 2. The fraction of sp³-hybridized carbons (Fsp3) is 0.538. The van der Waals surface area contributed by atoms with E-state index < -0.39 is 10.0 Å². The lowest BCUT2D eigenvalue weighted by Gasteiger charge is -2.11. The van der Waals surface area contributed by atoms with Crippen LogP contribution in [-0.4, -0.2) is 34.3 Å². The van der Waals surface area contributed by atoms with Gasteiger partial charge in [0.2, 0.25) is 10.0 Å². The first kappa shape index (κ1) is 12.9. The van der Waals surface area contributed by atoms with Gasteiger partial charge in [0, 0.05) is 19.6 Å². The number of hydrogen-bond acceptors (Lipinski definition) is 4. The van der Waals surface area contributed by atoms with Crippen LogP contribution in [0.15, 0.2) is 23.1 Å². The molecule has 0 saturated carbocycles. The first-order valence-corrected chi connectivity index (χ1v) is 8.00. The lowest BCUT2D eigenvalue weighted by molar-refractivity contribution is 0.114. The van der Waals surface area contributed by atoms with Gasteiger partial charge in [-0.1, -0.05) is 0 Å². The Labute approximate surface area is 113 Å². The molecular formula is C13H17NO4S. The van der Waals surface area contributed by atoms with Gasteiger partial charge in [-0.2, -0.15) is 0 Å². The Hall–Kier alpha value is -1.11. The van der Waals surface area contributed by atoms with Crippen LogP contribution in [0.2, 0.25) is 0 Å². The first-order valence-electron chi connectivity index (χ1n) is 6.52. The lowest BCUT2D eigenvalue weighted by atomic mass is 10.2. The fourth-order valence-electron chi connectivity index (χ4n) is 2.42. The van der Waals surface area contributed by atoms with Crippen molar-refractivity contribution in [3.05, 3.63) is 23.8 Å². The van der Waals surface area contributed by atoms with E-state index >= 15 is 0 Å². The van der Waals surface area contributed by atoms with Gasteiger partial charge in [-0.05, 0) is 36.6 Å². The van der Waals surface area contributed by atoms with Gasteiger partial charge in [-0.25, -0.2) is 13.1 Å². The number of hydrogen-bond donors (Lipinski definition) is 1. The van der Waals surface area contributed by atoms with Crippen LogP contribution in [0, 0.1) is 0 Å². The molecule has 0 aromatic heterocycles. The molecule has 6 heteroatoms. The summed E-state index contributed by atoms with van der Waals surface area (Å²) in [6.45, 7) is 1.70. The predicted octanol–water partition coefficient (Wildman–Crippen LogP) is 1.08. The lowest BCUT2D eigenvalue weighted by Crippen LogP contribution is -2.31. The summed E-state index contributed by atoms with van der Waals surface area (Å²) in [4.78, 5) is 0.301. The Kier molecular flexibility index (Phi) is 3.47. The quantitative estimate of drug-likeness (QED) is 0.898. The first-order chi connectivity index (χ1) is 9.15. The molecule has 3 rings (SSSR count). The van der Waals surface area contributed by atoms with E-state index in [0.717, 1.165) is 37.2 Å². The van der Waals surface area contributed by atoms with E-state index in [-0.39, 0.29) is 6.10 Å². The molecule has 0 unspecified atom stereocenters. The summed E-state index contributed by atoms with van der Waals surface area (Å²) in [5.74, 6) is 0.790. The number of sulfonamides is 1. The van der Waals surface area contributed by atoms with Crippen molar-refractivity contribution in [2.24, 2.45) is 0 Å². The smallest absolute Gasteiger partial charge is 0.240 e. The number of nitrogens with one attached hydrogen (secondary N) is 1. The average molecular weight is 283 g/mol. The van der Waals surface area contributed by atoms with Gasteiger partial charge in [-0.15, -0.1) is 0 Å². The van der Waals surface area contributed by atoms with Gasteiger partial charge in [0.1, 0.15) is 5.75 Å². The molecule has 0 radical (unpaired) electrons. The van der Waals surface area contributed by atoms with E-state index in [0.29, 0.717) is 18.0 Å². The minimum atomic E-state index is -3.45. The van der Waals surface area contributed by atoms with Crippen molar-refractivity contribution in [3.63, 3.8) is 0 Å². The Balaban J connectivity index is 1.72. The van der Waals surface area contributed by atoms with Crippen LogP contribution in [0.1, 0.15) is 18.4 Å². The molecule has 1 N–H and O–H groups in total. The zero-order valence-electron chi connectivity index (χ0n) is 10.6. The fourth-order valence-corrected chi connectivity index (χ4v) is 3.54. The second-order valence-corrected chi connectivity index (χ2v) is 6.62. The van der Waals surface area contributed by atoms with Gasteiger partial charge in [0.25, 0.3) is 0 Å². The van der Waals surface area contributed by atoms with Crippen molar-refractivity contribution in [2.75, 3.05) is 19.8 Å². The molecule has 1 aromatic carbocycles. The molecule has 5 nitrogen and oxygen atoms in total. The highest BCUT2D eigenvalue weighted by molar-refractivity contribution is 7.89. The van der Waals surface area contributed by atoms with Crippen LogP contribution in [0.3, 0.4) is 0 Å². The third kappa shape index (κ3) is 2.75. The number of benzene rings is 1. The molecule has 1 atom stereocenters. The van der Waals surface area contributed by atoms with Gasteiger partial charge in [0.15, 0.2) is 0 Å². The second-order valence-electron chi connectivity index (χ2n) is 4.85. The third-order valence-corrected chi connectivity index (χ3v) is 4.92. The maximum Gasteiger partial charge on any atom is 0.240 e. The summed E-state index contributed by atoms with van der Waals surface area (Å²) in [7, 11) is -3.45. The molecule has 0 aliphatic carbocycles. The monoisotopic (exact) mass is 283 g/mol. The molecule has 1 aromatic rings. The molecule has 0 spiro atoms. The van der Waals surface area contributed by atoms with Crippen LogP contribution in [-0.2, 0) is 21.2 Å². The molecule has 2 aliphatic heterocycles. The highest BCUT2D eigenvalue weighted by Crippen LogP contribution is 2.27. The summed E-state index contributed by atoms with van der Waals surface area (Å²) in [5, 5.41) is 0. The summed E-state index contributed by atoms with van der Waals surface area (Å²) >= 11 is 0. The molecule has 1 fully saturated rings. The predicted molar refractivity (Wildman–Crippen MR) is 69.8 cm³/mol. The Morgan fingerprint density at radius 1 is 1.32 bits per heavy atom. The normalized spacial score (nSPS) is 22.2. The maximum absolute atomic E-state index is 12.2. The van der Waals surface area contributed by atoms with E-state index in [9.17, 15) is 8.42 Å². The van der Waals surface area contributed by atoms with Gasteiger partial charge < -0.3 is 9.47 Å². The zero-order chi connectivity index (χ0) is 13.3. The number of rotatable bonds is 4. The van der Waals surface area contributed by atoms with Crippen molar-refractivity contribution >= 4 is 10.0 Å². The standard InChI is InChI=1S/C13H17NO4S/c15-19(16,14-9-11-2-1-6-17-11)12-3-4-13-10(8-12)5-7-18-13/h3-4,8,11,14H,1-2,5-7,9H2/t11-/m0/s1. The molecule has 1 saturated heterocycles. The molecule has 19 heavy (non-hydrogen) atoms. The van der Waals surface area contributed by atoms with Gasteiger partial charge in [-0.3, -0.25) is 0 Å². The molecule has 2 aliphatic rings. The van der Waals surface area contributed by atoms with E-state index in [1.165, 1.54) is 0 Å². The highest BCUT2D eigenvalue weighted by Gasteiger charge is 2.22. The van der Waals surface area contributed by atoms with E-state index in [1.807, 2.05) is 0 Å². The molecule has 0 bridgehead atoms. The second kappa shape index (κ2) is 5.11. The molecular weight excluding hydrogens is 266 g/mol. The Morgan fingerprint density at radius 3 is 3.00 bits per heavy atom.